The van der Waals surface area contributed by atoms with Gasteiger partial charge in [-0.25, -0.2) is 0 Å². The van der Waals surface area contributed by atoms with Gasteiger partial charge in [-0.15, -0.1) is 0 Å². The summed E-state index contributed by atoms with van der Waals surface area (Å²) in [5, 5.41) is 9.13. The molecule has 0 spiro atoms. The number of hydrogen-bond acceptors (Lipinski definition) is 3. The molecular formula is C10H14O3. The van der Waals surface area contributed by atoms with Crippen molar-refractivity contribution in [2.45, 2.75) is 33.3 Å². The SMILES string of the molecule is Cc1coc(CC(C)O)c(C)c1=O. The second kappa shape index (κ2) is 3.75. The zero-order chi connectivity index (χ0) is 10.0. The number of hydrogen-bond donors (Lipinski definition) is 1. The zero-order valence-electron chi connectivity index (χ0n) is 8.13. The van der Waals surface area contributed by atoms with Gasteiger partial charge in [-0.1, -0.05) is 0 Å². The summed E-state index contributed by atoms with van der Waals surface area (Å²) in [6.45, 7) is 5.10. The molecule has 1 unspecified atom stereocenters. The lowest BCUT2D eigenvalue weighted by molar-refractivity contribution is 0.186. The average Bonchev–Trinajstić information content (AvgIpc) is 2.06. The van der Waals surface area contributed by atoms with Crippen LogP contribution in [0.1, 0.15) is 23.8 Å². The Morgan fingerprint density at radius 3 is 2.69 bits per heavy atom. The summed E-state index contributed by atoms with van der Waals surface area (Å²) < 4.78 is 5.22. The van der Waals surface area contributed by atoms with Crippen molar-refractivity contribution in [3.8, 4) is 0 Å². The Hall–Kier alpha value is -1.09. The molecule has 0 aliphatic carbocycles. The third-order valence-corrected chi connectivity index (χ3v) is 1.98. The van der Waals surface area contributed by atoms with Crippen molar-refractivity contribution in [3.63, 3.8) is 0 Å². The van der Waals surface area contributed by atoms with E-state index >= 15 is 0 Å². The minimum Gasteiger partial charge on any atom is -0.468 e. The van der Waals surface area contributed by atoms with Crippen LogP contribution in [-0.4, -0.2) is 11.2 Å². The van der Waals surface area contributed by atoms with Crippen LogP contribution in [-0.2, 0) is 6.42 Å². The van der Waals surface area contributed by atoms with E-state index in [1.165, 1.54) is 6.26 Å². The van der Waals surface area contributed by atoms with E-state index in [9.17, 15) is 4.79 Å². The Morgan fingerprint density at radius 2 is 2.15 bits per heavy atom. The van der Waals surface area contributed by atoms with Crippen molar-refractivity contribution < 1.29 is 9.52 Å². The molecule has 1 aromatic rings. The Morgan fingerprint density at radius 1 is 1.54 bits per heavy atom. The first-order valence-corrected chi connectivity index (χ1v) is 4.28. The maximum atomic E-state index is 11.4. The summed E-state index contributed by atoms with van der Waals surface area (Å²) in [6.07, 6.45) is 1.35. The molecule has 0 amide bonds. The molecule has 0 saturated carbocycles. The highest BCUT2D eigenvalue weighted by Gasteiger charge is 2.09. The predicted molar refractivity (Wildman–Crippen MR) is 49.8 cm³/mol. The van der Waals surface area contributed by atoms with Gasteiger partial charge >= 0.3 is 0 Å². The van der Waals surface area contributed by atoms with Crippen LogP contribution in [0.25, 0.3) is 0 Å². The van der Waals surface area contributed by atoms with E-state index in [-0.39, 0.29) is 5.43 Å². The van der Waals surface area contributed by atoms with E-state index in [0.717, 1.165) is 0 Å². The molecule has 3 nitrogen and oxygen atoms in total. The third-order valence-electron chi connectivity index (χ3n) is 1.98. The molecule has 0 aliphatic heterocycles. The van der Waals surface area contributed by atoms with Crippen LogP contribution in [0.4, 0.5) is 0 Å². The first kappa shape index (κ1) is 9.99. The summed E-state index contributed by atoms with van der Waals surface area (Å²) >= 11 is 0. The first-order chi connectivity index (χ1) is 6.02. The van der Waals surface area contributed by atoms with Gasteiger partial charge in [0.1, 0.15) is 5.76 Å². The molecule has 3 heteroatoms. The summed E-state index contributed by atoms with van der Waals surface area (Å²) in [6, 6.07) is 0. The van der Waals surface area contributed by atoms with E-state index in [0.29, 0.717) is 23.3 Å². The van der Waals surface area contributed by atoms with Gasteiger partial charge in [-0.2, -0.15) is 0 Å². The van der Waals surface area contributed by atoms with E-state index < -0.39 is 6.10 Å². The van der Waals surface area contributed by atoms with Crippen LogP contribution in [0.15, 0.2) is 15.5 Å². The number of aliphatic hydroxyl groups is 1. The van der Waals surface area contributed by atoms with Gasteiger partial charge in [-0.3, -0.25) is 4.79 Å². The fraction of sp³-hybridized carbons (Fsp3) is 0.500. The second-order valence-electron chi connectivity index (χ2n) is 3.35. The molecule has 0 aliphatic rings. The molecular weight excluding hydrogens is 168 g/mol. The maximum Gasteiger partial charge on any atom is 0.190 e. The Balaban J connectivity index is 3.11. The van der Waals surface area contributed by atoms with Gasteiger partial charge in [0.05, 0.1) is 12.4 Å². The highest BCUT2D eigenvalue weighted by Crippen LogP contribution is 2.07. The predicted octanol–water partition coefficient (Wildman–Crippen LogP) is 1.18. The number of aryl methyl sites for hydroxylation is 1. The van der Waals surface area contributed by atoms with Crippen LogP contribution in [0.5, 0.6) is 0 Å². The lowest BCUT2D eigenvalue weighted by Crippen LogP contribution is -2.14. The van der Waals surface area contributed by atoms with Gasteiger partial charge in [0.25, 0.3) is 0 Å². The van der Waals surface area contributed by atoms with Crippen molar-refractivity contribution in [2.75, 3.05) is 0 Å². The molecule has 1 heterocycles. The van der Waals surface area contributed by atoms with E-state index in [1.807, 2.05) is 0 Å². The van der Waals surface area contributed by atoms with Crippen LogP contribution in [0.3, 0.4) is 0 Å². The summed E-state index contributed by atoms with van der Waals surface area (Å²) in [4.78, 5) is 11.4. The number of aliphatic hydroxyl groups excluding tert-OH is 1. The van der Waals surface area contributed by atoms with Crippen molar-refractivity contribution in [2.24, 2.45) is 0 Å². The fourth-order valence-corrected chi connectivity index (χ4v) is 1.19. The molecule has 72 valence electrons. The average molecular weight is 182 g/mol. The minimum atomic E-state index is -0.482. The van der Waals surface area contributed by atoms with Crippen molar-refractivity contribution in [3.05, 3.63) is 33.4 Å². The van der Waals surface area contributed by atoms with Crippen LogP contribution in [0, 0.1) is 13.8 Å². The van der Waals surface area contributed by atoms with Crippen LogP contribution >= 0.6 is 0 Å². The lowest BCUT2D eigenvalue weighted by Gasteiger charge is -2.06. The summed E-state index contributed by atoms with van der Waals surface area (Å²) in [5.74, 6) is 0.575. The van der Waals surface area contributed by atoms with Crippen molar-refractivity contribution in [1.82, 2.24) is 0 Å². The molecule has 13 heavy (non-hydrogen) atoms. The van der Waals surface area contributed by atoms with E-state index in [2.05, 4.69) is 0 Å². The maximum absolute atomic E-state index is 11.4. The van der Waals surface area contributed by atoms with E-state index in [1.54, 1.807) is 20.8 Å². The Labute approximate surface area is 77.0 Å². The standard InChI is InChI=1S/C10H14O3/c1-6-5-13-9(4-7(2)11)8(3)10(6)12/h5,7,11H,4H2,1-3H3. The monoisotopic (exact) mass is 182 g/mol. The molecule has 0 radical (unpaired) electrons. The number of rotatable bonds is 2. The molecule has 0 saturated heterocycles. The topological polar surface area (TPSA) is 50.4 Å². The quantitative estimate of drug-likeness (QED) is 0.747. The molecule has 0 aromatic carbocycles. The van der Waals surface area contributed by atoms with Gasteiger partial charge in [0.15, 0.2) is 5.43 Å². The van der Waals surface area contributed by atoms with Gasteiger partial charge in [0, 0.05) is 17.5 Å². The zero-order valence-corrected chi connectivity index (χ0v) is 8.13. The highest BCUT2D eigenvalue weighted by atomic mass is 16.3. The second-order valence-corrected chi connectivity index (χ2v) is 3.35. The normalized spacial score (nSPS) is 12.9. The van der Waals surface area contributed by atoms with Crippen LogP contribution < -0.4 is 5.43 Å². The summed E-state index contributed by atoms with van der Waals surface area (Å²) in [7, 11) is 0. The van der Waals surface area contributed by atoms with Gasteiger partial charge < -0.3 is 9.52 Å². The Bertz CT molecular complexity index is 350. The molecule has 1 rings (SSSR count). The molecule has 1 atom stereocenters. The molecule has 0 fully saturated rings. The van der Waals surface area contributed by atoms with Gasteiger partial charge in [0.2, 0.25) is 0 Å². The fourth-order valence-electron chi connectivity index (χ4n) is 1.19. The smallest absolute Gasteiger partial charge is 0.190 e. The molecule has 1 N–H and O–H groups in total. The molecule has 1 aromatic heterocycles. The van der Waals surface area contributed by atoms with Crippen molar-refractivity contribution >= 4 is 0 Å². The summed E-state index contributed by atoms with van der Waals surface area (Å²) in [5.41, 5.74) is 1.20. The van der Waals surface area contributed by atoms with Crippen LogP contribution in [0.2, 0.25) is 0 Å². The minimum absolute atomic E-state index is 0.00176. The van der Waals surface area contributed by atoms with Crippen molar-refractivity contribution in [1.29, 1.82) is 0 Å². The molecule has 0 bridgehead atoms. The Kier molecular flexibility index (Phi) is 2.88. The largest absolute Gasteiger partial charge is 0.468 e. The lowest BCUT2D eigenvalue weighted by atomic mass is 10.1. The highest BCUT2D eigenvalue weighted by molar-refractivity contribution is 5.21. The third kappa shape index (κ3) is 2.18. The van der Waals surface area contributed by atoms with Gasteiger partial charge in [-0.05, 0) is 20.8 Å². The van der Waals surface area contributed by atoms with E-state index in [4.69, 9.17) is 9.52 Å². The first-order valence-electron chi connectivity index (χ1n) is 4.28.